The quantitative estimate of drug-likeness (QED) is 0.803. The maximum absolute atomic E-state index is 3.64. The molecule has 3 unspecified atom stereocenters. The Hall–Kier alpha value is -0.980. The van der Waals surface area contributed by atoms with Crippen molar-refractivity contribution in [3.63, 3.8) is 0 Å². The van der Waals surface area contributed by atoms with E-state index >= 15 is 0 Å². The number of anilines is 1. The van der Waals surface area contributed by atoms with Crippen LogP contribution in [0, 0.1) is 17.8 Å². The Labute approximate surface area is 111 Å². The summed E-state index contributed by atoms with van der Waals surface area (Å²) in [5, 5.41) is 3.64. The zero-order chi connectivity index (χ0) is 12.4. The third kappa shape index (κ3) is 2.55. The number of benzene rings is 1. The van der Waals surface area contributed by atoms with Crippen LogP contribution in [0.4, 0.5) is 5.69 Å². The average molecular weight is 243 g/mol. The summed E-state index contributed by atoms with van der Waals surface area (Å²) in [5.74, 6) is 3.04. The van der Waals surface area contributed by atoms with E-state index in [0.717, 1.165) is 17.8 Å². The predicted molar refractivity (Wildman–Crippen MR) is 77.9 cm³/mol. The molecule has 2 fully saturated rings. The average Bonchev–Trinajstić information content (AvgIpc) is 3.00. The van der Waals surface area contributed by atoms with E-state index in [1.54, 1.807) is 0 Å². The molecule has 0 radical (unpaired) electrons. The summed E-state index contributed by atoms with van der Waals surface area (Å²) in [6, 6.07) is 9.04. The second-order valence-corrected chi connectivity index (χ2v) is 6.26. The first-order chi connectivity index (χ1) is 8.85. The van der Waals surface area contributed by atoms with E-state index in [9.17, 15) is 0 Å². The Bertz CT molecular complexity index is 381. The van der Waals surface area contributed by atoms with Crippen LogP contribution in [-0.2, 0) is 6.42 Å². The molecule has 0 spiro atoms. The highest BCUT2D eigenvalue weighted by Crippen LogP contribution is 2.48. The van der Waals surface area contributed by atoms with E-state index in [1.807, 2.05) is 0 Å². The van der Waals surface area contributed by atoms with Gasteiger partial charge in [0.05, 0.1) is 0 Å². The maximum Gasteiger partial charge on any atom is 0.0340 e. The lowest BCUT2D eigenvalue weighted by Crippen LogP contribution is -2.20. The van der Waals surface area contributed by atoms with Crippen molar-refractivity contribution < 1.29 is 0 Å². The molecule has 0 amide bonds. The summed E-state index contributed by atoms with van der Waals surface area (Å²) in [7, 11) is 0. The van der Waals surface area contributed by atoms with Gasteiger partial charge in [0.15, 0.2) is 0 Å². The molecule has 1 aromatic rings. The van der Waals surface area contributed by atoms with Gasteiger partial charge in [-0.25, -0.2) is 0 Å². The second-order valence-electron chi connectivity index (χ2n) is 6.26. The first kappa shape index (κ1) is 12.1. The van der Waals surface area contributed by atoms with Gasteiger partial charge >= 0.3 is 0 Å². The van der Waals surface area contributed by atoms with Crippen LogP contribution < -0.4 is 5.32 Å². The van der Waals surface area contributed by atoms with Gasteiger partial charge in [0, 0.05) is 12.2 Å². The number of nitrogens with one attached hydrogen (secondary N) is 1. The van der Waals surface area contributed by atoms with Gasteiger partial charge in [-0.3, -0.25) is 0 Å². The molecule has 1 heteroatoms. The molecule has 2 bridgehead atoms. The lowest BCUT2D eigenvalue weighted by molar-refractivity contribution is 0.348. The molecule has 18 heavy (non-hydrogen) atoms. The van der Waals surface area contributed by atoms with Crippen molar-refractivity contribution in [2.24, 2.45) is 17.8 Å². The third-order valence-electron chi connectivity index (χ3n) is 4.95. The minimum Gasteiger partial charge on any atom is -0.385 e. The van der Waals surface area contributed by atoms with Crippen molar-refractivity contribution in [3.05, 3.63) is 29.8 Å². The Morgan fingerprint density at radius 1 is 1.11 bits per heavy atom. The zero-order valence-electron chi connectivity index (χ0n) is 11.5. The van der Waals surface area contributed by atoms with Gasteiger partial charge < -0.3 is 5.32 Å². The number of rotatable bonds is 5. The highest BCUT2D eigenvalue weighted by atomic mass is 14.9. The van der Waals surface area contributed by atoms with E-state index in [2.05, 4.69) is 36.5 Å². The molecule has 0 aliphatic heterocycles. The van der Waals surface area contributed by atoms with Crippen LogP contribution in [0.25, 0.3) is 0 Å². The van der Waals surface area contributed by atoms with Gasteiger partial charge in [-0.2, -0.15) is 0 Å². The Kier molecular flexibility index (Phi) is 3.58. The monoisotopic (exact) mass is 243 g/mol. The van der Waals surface area contributed by atoms with Crippen molar-refractivity contribution in [3.8, 4) is 0 Å². The fourth-order valence-corrected chi connectivity index (χ4v) is 3.95. The normalized spacial score (nSPS) is 29.7. The van der Waals surface area contributed by atoms with Gasteiger partial charge in [0.1, 0.15) is 0 Å². The van der Waals surface area contributed by atoms with Crippen molar-refractivity contribution in [2.45, 2.75) is 45.4 Å². The van der Waals surface area contributed by atoms with E-state index in [4.69, 9.17) is 0 Å². The first-order valence-corrected chi connectivity index (χ1v) is 7.68. The van der Waals surface area contributed by atoms with Crippen LogP contribution in [0.1, 0.15) is 44.6 Å². The molecule has 0 aromatic heterocycles. The fraction of sp³-hybridized carbons (Fsp3) is 0.647. The first-order valence-electron chi connectivity index (χ1n) is 7.68. The highest BCUT2D eigenvalue weighted by Gasteiger charge is 2.38. The Balaban J connectivity index is 1.50. The minimum absolute atomic E-state index is 0.944. The lowest BCUT2D eigenvalue weighted by atomic mass is 9.89. The maximum atomic E-state index is 3.64. The minimum atomic E-state index is 0.944. The highest BCUT2D eigenvalue weighted by molar-refractivity contribution is 5.44. The molecular formula is C17H25N. The summed E-state index contributed by atoms with van der Waals surface area (Å²) in [6.45, 7) is 3.43. The predicted octanol–water partition coefficient (Wildman–Crippen LogP) is 4.49. The van der Waals surface area contributed by atoms with E-state index < -0.39 is 0 Å². The van der Waals surface area contributed by atoms with Gasteiger partial charge in [-0.1, -0.05) is 31.9 Å². The summed E-state index contributed by atoms with van der Waals surface area (Å²) in [4.78, 5) is 0. The van der Waals surface area contributed by atoms with Gasteiger partial charge in [-0.05, 0) is 61.1 Å². The number of aryl methyl sites for hydroxylation is 1. The van der Waals surface area contributed by atoms with Crippen LogP contribution >= 0.6 is 0 Å². The van der Waals surface area contributed by atoms with Crippen LogP contribution in [0.15, 0.2) is 24.3 Å². The third-order valence-corrected chi connectivity index (χ3v) is 4.95. The molecule has 2 aliphatic rings. The molecule has 1 aromatic carbocycles. The SMILES string of the molecule is CCCc1ccc(NCC2CC3CCC2C3)cc1. The molecular weight excluding hydrogens is 218 g/mol. The standard InChI is InChI=1S/C17H25N/c1-2-3-13-5-8-17(9-6-13)18-12-16-11-14-4-7-15(16)10-14/h5-6,8-9,14-16,18H,2-4,7,10-12H2,1H3. The lowest BCUT2D eigenvalue weighted by Gasteiger charge is -2.22. The van der Waals surface area contributed by atoms with Crippen LogP contribution in [0.2, 0.25) is 0 Å². The Morgan fingerprint density at radius 2 is 1.94 bits per heavy atom. The summed E-state index contributed by atoms with van der Waals surface area (Å²) in [5.41, 5.74) is 2.76. The van der Waals surface area contributed by atoms with Crippen molar-refractivity contribution in [2.75, 3.05) is 11.9 Å². The smallest absolute Gasteiger partial charge is 0.0340 e. The second kappa shape index (κ2) is 5.34. The molecule has 2 aliphatic carbocycles. The summed E-state index contributed by atoms with van der Waals surface area (Å²) < 4.78 is 0. The van der Waals surface area contributed by atoms with E-state index in [0.29, 0.717) is 0 Å². The van der Waals surface area contributed by atoms with Gasteiger partial charge in [0.2, 0.25) is 0 Å². The summed E-state index contributed by atoms with van der Waals surface area (Å²) in [6.07, 6.45) is 8.43. The largest absolute Gasteiger partial charge is 0.385 e. The molecule has 3 rings (SSSR count). The molecule has 98 valence electrons. The van der Waals surface area contributed by atoms with Gasteiger partial charge in [-0.15, -0.1) is 0 Å². The molecule has 0 saturated heterocycles. The molecule has 1 N–H and O–H groups in total. The molecule has 1 nitrogen and oxygen atoms in total. The molecule has 3 atom stereocenters. The van der Waals surface area contributed by atoms with E-state index in [-0.39, 0.29) is 0 Å². The van der Waals surface area contributed by atoms with Crippen LogP contribution in [-0.4, -0.2) is 6.54 Å². The molecule has 2 saturated carbocycles. The van der Waals surface area contributed by atoms with Crippen molar-refractivity contribution in [1.82, 2.24) is 0 Å². The van der Waals surface area contributed by atoms with Crippen LogP contribution in [0.3, 0.4) is 0 Å². The van der Waals surface area contributed by atoms with Crippen molar-refractivity contribution in [1.29, 1.82) is 0 Å². The zero-order valence-corrected chi connectivity index (χ0v) is 11.5. The molecule has 0 heterocycles. The Morgan fingerprint density at radius 3 is 2.56 bits per heavy atom. The fourth-order valence-electron chi connectivity index (χ4n) is 3.95. The number of hydrogen-bond acceptors (Lipinski definition) is 1. The van der Waals surface area contributed by atoms with E-state index in [1.165, 1.54) is 56.3 Å². The van der Waals surface area contributed by atoms with Crippen LogP contribution in [0.5, 0.6) is 0 Å². The van der Waals surface area contributed by atoms with Gasteiger partial charge in [0.25, 0.3) is 0 Å². The van der Waals surface area contributed by atoms with Crippen molar-refractivity contribution >= 4 is 5.69 Å². The number of fused-ring (bicyclic) bond motifs is 2. The summed E-state index contributed by atoms with van der Waals surface area (Å²) >= 11 is 0. The topological polar surface area (TPSA) is 12.0 Å². The number of hydrogen-bond donors (Lipinski definition) is 1.